The van der Waals surface area contributed by atoms with E-state index in [1.165, 1.54) is 13.0 Å². The molecule has 0 bridgehead atoms. The fourth-order valence-corrected chi connectivity index (χ4v) is 5.05. The van der Waals surface area contributed by atoms with E-state index in [0.717, 1.165) is 32.4 Å². The zero-order chi connectivity index (χ0) is 22.0. The quantitative estimate of drug-likeness (QED) is 0.669. The summed E-state index contributed by atoms with van der Waals surface area (Å²) in [5.41, 5.74) is -0.607. The second-order valence-electron chi connectivity index (χ2n) is 5.38. The lowest BCUT2D eigenvalue weighted by Crippen LogP contribution is -2.18. The number of thiophene rings is 1. The van der Waals surface area contributed by atoms with Crippen LogP contribution in [-0.4, -0.2) is 40.9 Å². The van der Waals surface area contributed by atoms with Crippen LogP contribution in [0.5, 0.6) is 5.75 Å². The number of carbonyl (C=O) groups excluding carboxylic acids is 2. The average molecular weight is 453 g/mol. The number of esters is 2. The number of nitrogens with one attached hydrogen (secondary N) is 1. The number of hydrogen-bond donors (Lipinski definition) is 1. The Labute approximate surface area is 167 Å². The Kier molecular flexibility index (Phi) is 6.43. The molecule has 1 heterocycles. The van der Waals surface area contributed by atoms with Crippen LogP contribution >= 0.6 is 11.3 Å². The predicted molar refractivity (Wildman–Crippen MR) is 95.7 cm³/mol. The molecule has 158 valence electrons. The molecule has 2 aromatic rings. The number of sulfonamides is 1. The van der Waals surface area contributed by atoms with Gasteiger partial charge >= 0.3 is 18.3 Å². The maximum absolute atomic E-state index is 12.8. The number of alkyl halides is 3. The van der Waals surface area contributed by atoms with Crippen molar-refractivity contribution in [2.45, 2.75) is 17.5 Å². The summed E-state index contributed by atoms with van der Waals surface area (Å²) in [5, 5.41) is 0. The van der Waals surface area contributed by atoms with E-state index in [-0.39, 0.29) is 21.7 Å². The largest absolute Gasteiger partial charge is 0.573 e. The first kappa shape index (κ1) is 22.5. The summed E-state index contributed by atoms with van der Waals surface area (Å²) >= 11 is 0.466. The van der Waals surface area contributed by atoms with Gasteiger partial charge in [0.2, 0.25) is 0 Å². The van der Waals surface area contributed by atoms with Gasteiger partial charge in [-0.2, -0.15) is 0 Å². The molecule has 13 heteroatoms. The first-order valence-corrected chi connectivity index (χ1v) is 9.88. The van der Waals surface area contributed by atoms with Crippen molar-refractivity contribution in [1.82, 2.24) is 0 Å². The van der Waals surface area contributed by atoms with Gasteiger partial charge in [0.1, 0.15) is 10.6 Å². The highest BCUT2D eigenvalue weighted by atomic mass is 32.2. The van der Waals surface area contributed by atoms with Gasteiger partial charge in [0.05, 0.1) is 25.5 Å². The van der Waals surface area contributed by atoms with E-state index < -0.39 is 38.3 Å². The Morgan fingerprint density at radius 3 is 2.28 bits per heavy atom. The van der Waals surface area contributed by atoms with Gasteiger partial charge in [0.15, 0.2) is 4.21 Å². The average Bonchev–Trinajstić information content (AvgIpc) is 2.97. The monoisotopic (exact) mass is 453 g/mol. The summed E-state index contributed by atoms with van der Waals surface area (Å²) in [6, 6.07) is 4.11. The molecular formula is C16H14F3NO7S2. The van der Waals surface area contributed by atoms with Gasteiger partial charge in [0.25, 0.3) is 10.0 Å². The van der Waals surface area contributed by atoms with E-state index >= 15 is 0 Å². The molecule has 0 aliphatic rings. The highest BCUT2D eigenvalue weighted by Gasteiger charge is 2.33. The van der Waals surface area contributed by atoms with Crippen LogP contribution in [0.2, 0.25) is 0 Å². The van der Waals surface area contributed by atoms with Crippen molar-refractivity contribution >= 4 is 39.0 Å². The molecule has 8 nitrogen and oxygen atoms in total. The summed E-state index contributed by atoms with van der Waals surface area (Å²) in [5.74, 6) is -2.52. The predicted octanol–water partition coefficient (Wildman–Crippen LogP) is 3.33. The van der Waals surface area contributed by atoms with Gasteiger partial charge in [-0.15, -0.1) is 24.5 Å². The minimum atomic E-state index is -4.96. The third-order valence-corrected chi connectivity index (χ3v) is 6.61. The normalized spacial score (nSPS) is 11.7. The molecule has 0 aliphatic heterocycles. The van der Waals surface area contributed by atoms with Crippen LogP contribution in [0.15, 0.2) is 28.5 Å². The summed E-state index contributed by atoms with van der Waals surface area (Å²) in [6.45, 7) is 1.34. The van der Waals surface area contributed by atoms with Gasteiger partial charge in [-0.1, -0.05) is 6.07 Å². The van der Waals surface area contributed by atoms with E-state index in [2.05, 4.69) is 18.9 Å². The molecule has 0 aliphatic carbocycles. The van der Waals surface area contributed by atoms with E-state index in [4.69, 9.17) is 0 Å². The number of hydrogen-bond acceptors (Lipinski definition) is 8. The highest BCUT2D eigenvalue weighted by molar-refractivity contribution is 7.94. The number of ether oxygens (including phenoxy) is 3. The van der Waals surface area contributed by atoms with Gasteiger partial charge in [-0.25, -0.2) is 18.0 Å². The smallest absolute Gasteiger partial charge is 0.465 e. The Morgan fingerprint density at radius 1 is 1.10 bits per heavy atom. The zero-order valence-corrected chi connectivity index (χ0v) is 16.8. The van der Waals surface area contributed by atoms with Crippen molar-refractivity contribution in [3.8, 4) is 5.75 Å². The van der Waals surface area contributed by atoms with Gasteiger partial charge < -0.3 is 14.2 Å². The van der Waals surface area contributed by atoms with Crippen LogP contribution in [0.3, 0.4) is 0 Å². The minimum absolute atomic E-state index is 0.0308. The standard InChI is InChI=1S/C16H14F3NO7S2/c1-8-11(13(21)25-2)15(28-12(8)14(22)26-3)29(23,24)20-9-5-4-6-10(7-9)27-16(17,18)19/h4-7,20H,1-3H3. The Morgan fingerprint density at radius 2 is 1.72 bits per heavy atom. The maximum atomic E-state index is 12.8. The molecule has 0 spiro atoms. The van der Waals surface area contributed by atoms with E-state index in [0.29, 0.717) is 11.3 Å². The molecule has 0 unspecified atom stereocenters. The summed E-state index contributed by atoms with van der Waals surface area (Å²) in [6.07, 6.45) is -4.96. The zero-order valence-electron chi connectivity index (χ0n) is 15.1. The molecule has 1 aromatic heterocycles. The van der Waals surface area contributed by atoms with E-state index in [9.17, 15) is 31.2 Å². The summed E-state index contributed by atoms with van der Waals surface area (Å²) in [4.78, 5) is 23.8. The summed E-state index contributed by atoms with van der Waals surface area (Å²) in [7, 11) is -2.37. The minimum Gasteiger partial charge on any atom is -0.465 e. The summed E-state index contributed by atoms with van der Waals surface area (Å²) < 4.78 is 77.1. The lowest BCUT2D eigenvalue weighted by atomic mass is 10.2. The van der Waals surface area contributed by atoms with E-state index in [1.54, 1.807) is 0 Å². The Bertz CT molecular complexity index is 1050. The van der Waals surface area contributed by atoms with Crippen LogP contribution < -0.4 is 9.46 Å². The van der Waals surface area contributed by atoms with Crippen LogP contribution in [-0.2, 0) is 19.5 Å². The van der Waals surface area contributed by atoms with Crippen molar-refractivity contribution in [2.24, 2.45) is 0 Å². The number of carbonyl (C=O) groups is 2. The number of rotatable bonds is 6. The van der Waals surface area contributed by atoms with Crippen LogP contribution in [0.4, 0.5) is 18.9 Å². The fraction of sp³-hybridized carbons (Fsp3) is 0.250. The number of benzene rings is 1. The van der Waals surface area contributed by atoms with Crippen molar-refractivity contribution in [3.05, 3.63) is 40.3 Å². The number of halogens is 3. The van der Waals surface area contributed by atoms with Gasteiger partial charge in [0, 0.05) is 6.07 Å². The van der Waals surface area contributed by atoms with E-state index in [1.807, 2.05) is 0 Å². The van der Waals surface area contributed by atoms with Gasteiger partial charge in [-0.3, -0.25) is 4.72 Å². The number of anilines is 1. The van der Waals surface area contributed by atoms with Crippen LogP contribution in [0, 0.1) is 6.92 Å². The molecule has 1 aromatic carbocycles. The molecule has 2 rings (SSSR count). The highest BCUT2D eigenvalue weighted by Crippen LogP contribution is 2.35. The molecule has 29 heavy (non-hydrogen) atoms. The lowest BCUT2D eigenvalue weighted by molar-refractivity contribution is -0.274. The fourth-order valence-electron chi connectivity index (χ4n) is 2.26. The molecule has 0 radical (unpaired) electrons. The maximum Gasteiger partial charge on any atom is 0.573 e. The molecule has 0 saturated carbocycles. The molecule has 0 fully saturated rings. The van der Waals surface area contributed by atoms with Gasteiger partial charge in [-0.05, 0) is 24.6 Å². The lowest BCUT2D eigenvalue weighted by Gasteiger charge is -2.11. The van der Waals surface area contributed by atoms with Crippen molar-refractivity contribution in [3.63, 3.8) is 0 Å². The first-order chi connectivity index (χ1) is 13.4. The molecule has 0 atom stereocenters. The Balaban J connectivity index is 2.50. The van der Waals surface area contributed by atoms with Crippen LogP contribution in [0.1, 0.15) is 25.6 Å². The third kappa shape index (κ3) is 5.17. The molecule has 0 saturated heterocycles. The topological polar surface area (TPSA) is 108 Å². The first-order valence-electron chi connectivity index (χ1n) is 7.58. The van der Waals surface area contributed by atoms with Crippen molar-refractivity contribution < 1.29 is 45.4 Å². The van der Waals surface area contributed by atoms with Crippen LogP contribution in [0.25, 0.3) is 0 Å². The molecule has 0 amide bonds. The third-order valence-electron chi connectivity index (χ3n) is 3.44. The SMILES string of the molecule is COC(=O)c1sc(S(=O)(=O)Nc2cccc(OC(F)(F)F)c2)c(C(=O)OC)c1C. The Hall–Kier alpha value is -2.80. The number of methoxy groups -OCH3 is 2. The van der Waals surface area contributed by atoms with Crippen molar-refractivity contribution in [1.29, 1.82) is 0 Å². The second kappa shape index (κ2) is 8.29. The van der Waals surface area contributed by atoms with Crippen molar-refractivity contribution in [2.75, 3.05) is 18.9 Å². The molecular weight excluding hydrogens is 439 g/mol. The second-order valence-corrected chi connectivity index (χ2v) is 8.28. The molecule has 1 N–H and O–H groups in total.